The molecule has 1 heterocycles. The predicted octanol–water partition coefficient (Wildman–Crippen LogP) is 4.99. The van der Waals surface area contributed by atoms with E-state index in [2.05, 4.69) is 10.3 Å². The van der Waals surface area contributed by atoms with Gasteiger partial charge in [-0.15, -0.1) is 12.4 Å². The van der Waals surface area contributed by atoms with E-state index in [9.17, 15) is 23.1 Å². The average Bonchev–Trinajstić information content (AvgIpc) is 2.58. The zero-order valence-corrected chi connectivity index (χ0v) is 14.1. The molecular formula is C18H14ClF3N2O2. The summed E-state index contributed by atoms with van der Waals surface area (Å²) in [7, 11) is 0. The number of pyridine rings is 1. The van der Waals surface area contributed by atoms with E-state index in [1.54, 1.807) is 0 Å². The number of aromatic nitrogens is 1. The van der Waals surface area contributed by atoms with E-state index < -0.39 is 17.7 Å². The van der Waals surface area contributed by atoms with E-state index >= 15 is 0 Å². The van der Waals surface area contributed by atoms with Crippen LogP contribution in [0.5, 0.6) is 0 Å². The molecule has 0 fully saturated rings. The van der Waals surface area contributed by atoms with Gasteiger partial charge in [-0.3, -0.25) is 4.98 Å². The van der Waals surface area contributed by atoms with Gasteiger partial charge < -0.3 is 10.4 Å². The Morgan fingerprint density at radius 3 is 2.38 bits per heavy atom. The highest BCUT2D eigenvalue weighted by Crippen LogP contribution is 2.37. The molecular weight excluding hydrogens is 369 g/mol. The van der Waals surface area contributed by atoms with Crippen LogP contribution in [0.1, 0.15) is 21.5 Å². The van der Waals surface area contributed by atoms with Gasteiger partial charge in [0.25, 0.3) is 0 Å². The Balaban J connectivity index is 0.00000243. The number of aromatic carboxylic acids is 1. The first kappa shape index (κ1) is 19.5. The molecule has 26 heavy (non-hydrogen) atoms. The smallest absolute Gasteiger partial charge is 0.418 e. The first-order valence-corrected chi connectivity index (χ1v) is 7.38. The number of hydrogen-bond donors (Lipinski definition) is 2. The van der Waals surface area contributed by atoms with Crippen LogP contribution >= 0.6 is 12.4 Å². The molecule has 2 N–H and O–H groups in total. The summed E-state index contributed by atoms with van der Waals surface area (Å²) < 4.78 is 39.5. The van der Waals surface area contributed by atoms with Crippen molar-refractivity contribution < 1.29 is 23.1 Å². The number of hydrogen-bond acceptors (Lipinski definition) is 3. The quantitative estimate of drug-likeness (QED) is 0.667. The lowest BCUT2D eigenvalue weighted by molar-refractivity contribution is -0.136. The molecule has 3 aromatic rings. The van der Waals surface area contributed by atoms with Gasteiger partial charge in [-0.05, 0) is 11.6 Å². The Morgan fingerprint density at radius 1 is 1.08 bits per heavy atom. The van der Waals surface area contributed by atoms with Gasteiger partial charge in [-0.2, -0.15) is 13.2 Å². The van der Waals surface area contributed by atoms with Crippen LogP contribution in [0, 0.1) is 0 Å². The highest BCUT2D eigenvalue weighted by molar-refractivity contribution is 6.05. The van der Waals surface area contributed by atoms with Crippen LogP contribution < -0.4 is 5.32 Å². The molecule has 0 aliphatic heterocycles. The molecule has 0 aliphatic carbocycles. The summed E-state index contributed by atoms with van der Waals surface area (Å²) in [4.78, 5) is 15.2. The van der Waals surface area contributed by atoms with E-state index in [0.29, 0.717) is 0 Å². The third-order valence-corrected chi connectivity index (χ3v) is 3.75. The lowest BCUT2D eigenvalue weighted by Gasteiger charge is -2.15. The number of carboxylic acid groups (broad SMARTS) is 1. The molecule has 0 radical (unpaired) electrons. The van der Waals surface area contributed by atoms with Gasteiger partial charge in [-0.1, -0.05) is 42.5 Å². The number of carboxylic acids is 1. The molecule has 1 aromatic heterocycles. The zero-order valence-electron chi connectivity index (χ0n) is 13.2. The van der Waals surface area contributed by atoms with E-state index in [-0.39, 0.29) is 41.1 Å². The summed E-state index contributed by atoms with van der Waals surface area (Å²) in [6.07, 6.45) is -3.62. The number of carbonyl (C=O) groups is 1. The number of rotatable bonds is 4. The lowest BCUT2D eigenvalue weighted by Crippen LogP contribution is -2.11. The number of halogens is 4. The van der Waals surface area contributed by atoms with Gasteiger partial charge in [0.2, 0.25) is 0 Å². The van der Waals surface area contributed by atoms with E-state index in [4.69, 9.17) is 0 Å². The summed E-state index contributed by atoms with van der Waals surface area (Å²) >= 11 is 0. The summed E-state index contributed by atoms with van der Waals surface area (Å²) in [5.74, 6) is -1.26. The standard InChI is InChI=1S/C18H13F3N2O2.ClH/c19-18(20,21)14-8-4-7-12-15(13(17(24)25)10-23-16(12)14)22-9-11-5-2-1-3-6-11;/h1-8,10H,9H2,(H,22,23)(H,24,25);1H. The molecule has 0 amide bonds. The molecule has 8 heteroatoms. The predicted molar refractivity (Wildman–Crippen MR) is 94.7 cm³/mol. The second-order valence-corrected chi connectivity index (χ2v) is 5.39. The van der Waals surface area contributed by atoms with Crippen molar-refractivity contribution in [1.82, 2.24) is 4.98 Å². The van der Waals surface area contributed by atoms with Crippen LogP contribution in [0.25, 0.3) is 10.9 Å². The van der Waals surface area contributed by atoms with Crippen molar-refractivity contribution in [2.45, 2.75) is 12.7 Å². The Kier molecular flexibility index (Phi) is 5.72. The van der Waals surface area contributed by atoms with Gasteiger partial charge >= 0.3 is 12.1 Å². The van der Waals surface area contributed by atoms with Crippen LogP contribution in [-0.4, -0.2) is 16.1 Å². The fourth-order valence-electron chi connectivity index (χ4n) is 2.59. The number of anilines is 1. The molecule has 136 valence electrons. The van der Waals surface area contributed by atoms with Crippen LogP contribution in [0.4, 0.5) is 18.9 Å². The molecule has 3 rings (SSSR count). The maximum absolute atomic E-state index is 13.2. The first-order valence-electron chi connectivity index (χ1n) is 7.38. The van der Waals surface area contributed by atoms with Crippen molar-refractivity contribution in [2.24, 2.45) is 0 Å². The van der Waals surface area contributed by atoms with Crippen molar-refractivity contribution >= 4 is 35.0 Å². The summed E-state index contributed by atoms with van der Waals surface area (Å²) in [5.41, 5.74) is -0.369. The largest absolute Gasteiger partial charge is 0.478 e. The van der Waals surface area contributed by atoms with Gasteiger partial charge in [0.1, 0.15) is 5.56 Å². The minimum absolute atomic E-state index is 0. The molecule has 0 bridgehead atoms. The van der Waals surface area contributed by atoms with E-state index in [0.717, 1.165) is 17.8 Å². The van der Waals surface area contributed by atoms with Crippen molar-refractivity contribution in [3.05, 3.63) is 71.4 Å². The summed E-state index contributed by atoms with van der Waals surface area (Å²) in [5, 5.41) is 12.4. The second-order valence-electron chi connectivity index (χ2n) is 5.39. The molecule has 4 nitrogen and oxygen atoms in total. The second kappa shape index (κ2) is 7.61. The monoisotopic (exact) mass is 382 g/mol. The highest BCUT2D eigenvalue weighted by atomic mass is 35.5. The third kappa shape index (κ3) is 3.88. The Labute approximate surface area is 153 Å². The van der Waals surface area contributed by atoms with Crippen LogP contribution in [0.15, 0.2) is 54.7 Å². The molecule has 0 saturated carbocycles. The van der Waals surface area contributed by atoms with Gasteiger partial charge in [0.05, 0.1) is 16.8 Å². The SMILES string of the molecule is Cl.O=C(O)c1cnc2c(C(F)(F)F)cccc2c1NCc1ccccc1. The number of nitrogens with one attached hydrogen (secondary N) is 1. The Hall–Kier alpha value is -2.80. The number of nitrogens with zero attached hydrogens (tertiary/aromatic N) is 1. The van der Waals surface area contributed by atoms with Gasteiger partial charge in [0.15, 0.2) is 0 Å². The van der Waals surface area contributed by atoms with E-state index in [1.807, 2.05) is 30.3 Å². The van der Waals surface area contributed by atoms with Crippen LogP contribution in [0.3, 0.4) is 0 Å². The number of fused-ring (bicyclic) bond motifs is 1. The molecule has 0 saturated heterocycles. The van der Waals surface area contributed by atoms with Crippen LogP contribution in [0.2, 0.25) is 0 Å². The van der Waals surface area contributed by atoms with Gasteiger partial charge in [0, 0.05) is 18.1 Å². The van der Waals surface area contributed by atoms with E-state index in [1.165, 1.54) is 12.1 Å². The topological polar surface area (TPSA) is 62.2 Å². The highest BCUT2D eigenvalue weighted by Gasteiger charge is 2.33. The lowest BCUT2D eigenvalue weighted by atomic mass is 10.0. The molecule has 0 unspecified atom stereocenters. The Bertz CT molecular complexity index is 931. The molecule has 2 aromatic carbocycles. The van der Waals surface area contributed by atoms with Crippen LogP contribution in [-0.2, 0) is 12.7 Å². The minimum atomic E-state index is -4.58. The minimum Gasteiger partial charge on any atom is -0.478 e. The first-order chi connectivity index (χ1) is 11.9. The number of para-hydroxylation sites is 1. The zero-order chi connectivity index (χ0) is 18.0. The average molecular weight is 383 g/mol. The van der Waals surface area contributed by atoms with Crippen molar-refractivity contribution in [3.63, 3.8) is 0 Å². The molecule has 0 atom stereocenters. The maximum Gasteiger partial charge on any atom is 0.418 e. The fraction of sp³-hybridized carbons (Fsp3) is 0.111. The Morgan fingerprint density at radius 2 is 1.77 bits per heavy atom. The van der Waals surface area contributed by atoms with Crippen molar-refractivity contribution in [3.8, 4) is 0 Å². The maximum atomic E-state index is 13.2. The normalized spacial score (nSPS) is 11.0. The summed E-state index contributed by atoms with van der Waals surface area (Å²) in [6.45, 7) is 0.274. The van der Waals surface area contributed by atoms with Crippen molar-refractivity contribution in [1.29, 1.82) is 0 Å². The van der Waals surface area contributed by atoms with Gasteiger partial charge in [-0.25, -0.2) is 4.79 Å². The molecule has 0 spiro atoms. The molecule has 0 aliphatic rings. The summed E-state index contributed by atoms with van der Waals surface area (Å²) in [6, 6.07) is 12.7. The number of benzene rings is 2. The third-order valence-electron chi connectivity index (χ3n) is 3.75. The fourth-order valence-corrected chi connectivity index (χ4v) is 2.59. The number of alkyl halides is 3. The van der Waals surface area contributed by atoms with Crippen molar-refractivity contribution in [2.75, 3.05) is 5.32 Å².